The first kappa shape index (κ1) is 28.9. The molecule has 1 aliphatic heterocycles. The van der Waals surface area contributed by atoms with Crippen LogP contribution in [0.15, 0.2) is 54.1 Å². The Kier molecular flexibility index (Phi) is 8.66. The number of rotatable bonds is 9. The molecule has 0 saturated carbocycles. The Balaban J connectivity index is 1.95. The summed E-state index contributed by atoms with van der Waals surface area (Å²) in [6.07, 6.45) is 0. The highest BCUT2D eigenvalue weighted by Crippen LogP contribution is 2.48. The van der Waals surface area contributed by atoms with Gasteiger partial charge in [0.1, 0.15) is 16.5 Å². The summed E-state index contributed by atoms with van der Waals surface area (Å²) in [6, 6.07) is 12.4. The number of carbonyl (C=O) groups is 2. The molecule has 0 bridgehead atoms. The zero-order valence-electron chi connectivity index (χ0n) is 22.4. The van der Waals surface area contributed by atoms with Crippen molar-refractivity contribution in [3.8, 4) is 28.7 Å². The first-order chi connectivity index (χ1) is 19.2. The summed E-state index contributed by atoms with van der Waals surface area (Å²) in [7, 11) is 7.25. The number of hydrogen-bond donors (Lipinski definition) is 1. The number of halogens is 2. The standard InChI is InChI=1S/C29H27Cl2NO8/c1-36-17-9-6-15(7-10-17)14-32-24(16-8-11-20(37-2)21(12-16)38-3)22(26(34)29(32)35)25(33)18-13-19(30)28(40-5)23(31)27(18)39-4/h6-13,24,33H,14H2,1-5H3/b25-22+. The Labute approximate surface area is 241 Å². The topological polar surface area (TPSA) is 104 Å². The van der Waals surface area contributed by atoms with Gasteiger partial charge in [0.15, 0.2) is 23.0 Å². The molecule has 1 aliphatic rings. The largest absolute Gasteiger partial charge is 0.507 e. The quantitative estimate of drug-likeness (QED) is 0.194. The van der Waals surface area contributed by atoms with Crippen LogP contribution in [0.1, 0.15) is 22.7 Å². The van der Waals surface area contributed by atoms with E-state index in [1.165, 1.54) is 39.4 Å². The van der Waals surface area contributed by atoms with Gasteiger partial charge in [-0.1, -0.05) is 41.4 Å². The van der Waals surface area contributed by atoms with Crippen LogP contribution in [0.5, 0.6) is 28.7 Å². The van der Waals surface area contributed by atoms with Gasteiger partial charge in [-0.05, 0) is 41.5 Å². The second-order valence-electron chi connectivity index (χ2n) is 8.68. The van der Waals surface area contributed by atoms with Gasteiger partial charge in [-0.25, -0.2) is 0 Å². The smallest absolute Gasteiger partial charge is 0.295 e. The summed E-state index contributed by atoms with van der Waals surface area (Å²) < 4.78 is 26.7. The molecule has 1 amide bonds. The number of carbonyl (C=O) groups excluding carboxylic acids is 2. The molecule has 1 atom stereocenters. The van der Waals surface area contributed by atoms with E-state index in [1.54, 1.807) is 49.6 Å². The van der Waals surface area contributed by atoms with Gasteiger partial charge in [0, 0.05) is 6.54 Å². The second-order valence-corrected chi connectivity index (χ2v) is 9.46. The van der Waals surface area contributed by atoms with E-state index in [1.807, 2.05) is 0 Å². The van der Waals surface area contributed by atoms with E-state index in [0.717, 1.165) is 5.56 Å². The summed E-state index contributed by atoms with van der Waals surface area (Å²) in [5.41, 5.74) is 1.07. The van der Waals surface area contributed by atoms with E-state index in [-0.39, 0.29) is 39.2 Å². The molecule has 40 heavy (non-hydrogen) atoms. The molecule has 0 spiro atoms. The number of ketones is 1. The molecule has 1 unspecified atom stereocenters. The molecule has 9 nitrogen and oxygen atoms in total. The number of hydrogen-bond acceptors (Lipinski definition) is 8. The number of aliphatic hydroxyl groups is 1. The van der Waals surface area contributed by atoms with Gasteiger partial charge in [-0.2, -0.15) is 0 Å². The number of aliphatic hydroxyl groups excluding tert-OH is 1. The molecule has 210 valence electrons. The van der Waals surface area contributed by atoms with Crippen LogP contribution in [-0.2, 0) is 16.1 Å². The maximum absolute atomic E-state index is 13.6. The van der Waals surface area contributed by atoms with Crippen LogP contribution >= 0.6 is 23.2 Å². The van der Waals surface area contributed by atoms with Crippen LogP contribution in [-0.4, -0.2) is 57.2 Å². The van der Waals surface area contributed by atoms with Gasteiger partial charge in [-0.3, -0.25) is 9.59 Å². The first-order valence-electron chi connectivity index (χ1n) is 11.9. The highest BCUT2D eigenvalue weighted by molar-refractivity contribution is 6.47. The fourth-order valence-corrected chi connectivity index (χ4v) is 5.32. The van der Waals surface area contributed by atoms with Crippen molar-refractivity contribution < 1.29 is 38.4 Å². The minimum absolute atomic E-state index is 0.00539. The SMILES string of the molecule is COc1ccc(CN2C(=O)C(=O)/C(=C(/O)c3cc(Cl)c(OC)c(Cl)c3OC)C2c2ccc(OC)c(OC)c2)cc1. The Morgan fingerprint density at radius 1 is 0.825 bits per heavy atom. The van der Waals surface area contributed by atoms with Gasteiger partial charge in [0.25, 0.3) is 11.7 Å². The molecule has 1 N–H and O–H groups in total. The predicted octanol–water partition coefficient (Wildman–Crippen LogP) is 5.66. The predicted molar refractivity (Wildman–Crippen MR) is 150 cm³/mol. The van der Waals surface area contributed by atoms with Crippen molar-refractivity contribution in [2.24, 2.45) is 0 Å². The van der Waals surface area contributed by atoms with Crippen molar-refractivity contribution in [3.63, 3.8) is 0 Å². The average molecular weight is 588 g/mol. The zero-order chi connectivity index (χ0) is 29.1. The number of nitrogens with zero attached hydrogens (tertiary/aromatic N) is 1. The molecule has 11 heteroatoms. The number of benzene rings is 3. The van der Waals surface area contributed by atoms with Crippen LogP contribution in [0.25, 0.3) is 5.76 Å². The summed E-state index contributed by atoms with van der Waals surface area (Å²) in [5.74, 6) is -0.586. The number of methoxy groups -OCH3 is 5. The normalized spacial score (nSPS) is 16.2. The van der Waals surface area contributed by atoms with Gasteiger partial charge in [0.2, 0.25) is 0 Å². The molecule has 0 aliphatic carbocycles. The highest BCUT2D eigenvalue weighted by Gasteiger charge is 2.46. The minimum atomic E-state index is -1.01. The lowest BCUT2D eigenvalue weighted by atomic mass is 9.94. The van der Waals surface area contributed by atoms with Gasteiger partial charge >= 0.3 is 0 Å². The van der Waals surface area contributed by atoms with E-state index < -0.39 is 23.5 Å². The lowest BCUT2D eigenvalue weighted by molar-refractivity contribution is -0.140. The maximum atomic E-state index is 13.6. The van der Waals surface area contributed by atoms with E-state index >= 15 is 0 Å². The first-order valence-corrected chi connectivity index (χ1v) is 12.7. The molecule has 0 aromatic heterocycles. The zero-order valence-corrected chi connectivity index (χ0v) is 23.9. The molecule has 3 aromatic rings. The lowest BCUT2D eigenvalue weighted by Gasteiger charge is -2.26. The molecular formula is C29H27Cl2NO8. The Morgan fingerprint density at radius 2 is 1.48 bits per heavy atom. The molecule has 1 fully saturated rings. The monoisotopic (exact) mass is 587 g/mol. The third-order valence-corrected chi connectivity index (χ3v) is 7.19. The van der Waals surface area contributed by atoms with Crippen molar-refractivity contribution >= 4 is 40.7 Å². The van der Waals surface area contributed by atoms with E-state index in [9.17, 15) is 14.7 Å². The number of Topliss-reactive ketones (excluding diaryl/α,β-unsaturated/α-hetero) is 1. The van der Waals surface area contributed by atoms with Gasteiger partial charge < -0.3 is 33.7 Å². The molecular weight excluding hydrogens is 561 g/mol. The maximum Gasteiger partial charge on any atom is 0.295 e. The van der Waals surface area contributed by atoms with Crippen molar-refractivity contribution in [1.82, 2.24) is 4.90 Å². The fraction of sp³-hybridized carbons (Fsp3) is 0.241. The average Bonchev–Trinajstić information content (AvgIpc) is 3.21. The number of ether oxygens (including phenoxy) is 5. The van der Waals surface area contributed by atoms with Crippen LogP contribution in [0.2, 0.25) is 10.0 Å². The summed E-state index contributed by atoms with van der Waals surface area (Å²) in [6.45, 7) is 0.0611. The minimum Gasteiger partial charge on any atom is -0.507 e. The van der Waals surface area contributed by atoms with Crippen molar-refractivity contribution in [2.45, 2.75) is 12.6 Å². The van der Waals surface area contributed by atoms with Crippen molar-refractivity contribution in [2.75, 3.05) is 35.5 Å². The Hall–Kier alpha value is -4.08. The third kappa shape index (κ3) is 5.10. The molecule has 1 saturated heterocycles. The van der Waals surface area contributed by atoms with Crippen molar-refractivity contribution in [1.29, 1.82) is 0 Å². The molecule has 3 aromatic carbocycles. The fourth-order valence-electron chi connectivity index (χ4n) is 4.63. The lowest BCUT2D eigenvalue weighted by Crippen LogP contribution is -2.29. The van der Waals surface area contributed by atoms with Crippen molar-refractivity contribution in [3.05, 3.63) is 80.8 Å². The van der Waals surface area contributed by atoms with E-state index in [2.05, 4.69) is 0 Å². The van der Waals surface area contributed by atoms with Crippen LogP contribution in [0, 0.1) is 0 Å². The summed E-state index contributed by atoms with van der Waals surface area (Å²) >= 11 is 12.8. The van der Waals surface area contributed by atoms with Crippen LogP contribution in [0.4, 0.5) is 0 Å². The van der Waals surface area contributed by atoms with Gasteiger partial charge in [-0.15, -0.1) is 0 Å². The number of amides is 1. The third-order valence-electron chi connectivity index (χ3n) is 6.57. The summed E-state index contributed by atoms with van der Waals surface area (Å²) in [5, 5.41) is 11.7. The van der Waals surface area contributed by atoms with Crippen LogP contribution in [0.3, 0.4) is 0 Å². The van der Waals surface area contributed by atoms with E-state index in [4.69, 9.17) is 46.9 Å². The van der Waals surface area contributed by atoms with Gasteiger partial charge in [0.05, 0.1) is 57.8 Å². The highest BCUT2D eigenvalue weighted by atomic mass is 35.5. The van der Waals surface area contributed by atoms with E-state index in [0.29, 0.717) is 22.8 Å². The second kappa shape index (κ2) is 12.0. The van der Waals surface area contributed by atoms with Crippen LogP contribution < -0.4 is 23.7 Å². The number of likely N-dealkylation sites (tertiary alicyclic amines) is 1. The Bertz CT molecular complexity index is 1490. The Morgan fingerprint density at radius 3 is 2.05 bits per heavy atom. The summed E-state index contributed by atoms with van der Waals surface area (Å²) in [4.78, 5) is 28.4. The molecule has 4 rings (SSSR count). The molecule has 0 radical (unpaired) electrons. The molecule has 1 heterocycles.